The summed E-state index contributed by atoms with van der Waals surface area (Å²) in [7, 11) is 0. The molecule has 4 heteroatoms. The summed E-state index contributed by atoms with van der Waals surface area (Å²) in [5.74, 6) is 0.160. The van der Waals surface area contributed by atoms with Crippen LogP contribution in [0.5, 0.6) is 0 Å². The van der Waals surface area contributed by atoms with Gasteiger partial charge in [-0.05, 0) is 67.3 Å². The average molecular weight is 372 g/mol. The second-order valence-corrected chi connectivity index (χ2v) is 6.30. The number of hydrogen-bond donors (Lipinski definition) is 1. The summed E-state index contributed by atoms with van der Waals surface area (Å²) in [5, 5.41) is 0. The third-order valence-electron chi connectivity index (χ3n) is 3.89. The predicted octanol–water partition coefficient (Wildman–Crippen LogP) is 3.02. The van der Waals surface area contributed by atoms with Crippen LogP contribution < -0.4 is 5.73 Å². The van der Waals surface area contributed by atoms with Crippen molar-refractivity contribution in [2.75, 3.05) is 6.54 Å². The van der Waals surface area contributed by atoms with Gasteiger partial charge < -0.3 is 10.6 Å². The minimum absolute atomic E-state index is 0.160. The van der Waals surface area contributed by atoms with Gasteiger partial charge in [0.25, 0.3) is 5.91 Å². The van der Waals surface area contributed by atoms with Gasteiger partial charge >= 0.3 is 0 Å². The quantitative estimate of drug-likeness (QED) is 0.830. The van der Waals surface area contributed by atoms with Crippen LogP contribution in [0.4, 0.5) is 0 Å². The number of amides is 1. The van der Waals surface area contributed by atoms with Crippen molar-refractivity contribution in [2.45, 2.75) is 44.7 Å². The van der Waals surface area contributed by atoms with E-state index in [1.54, 1.807) is 0 Å². The van der Waals surface area contributed by atoms with Gasteiger partial charge in [0, 0.05) is 22.2 Å². The smallest absolute Gasteiger partial charge is 0.255 e. The summed E-state index contributed by atoms with van der Waals surface area (Å²) in [6.07, 6.45) is 4.12. The van der Waals surface area contributed by atoms with Crippen LogP contribution in [0, 0.1) is 3.57 Å². The molecule has 0 atom stereocenters. The van der Waals surface area contributed by atoms with E-state index in [4.69, 9.17) is 5.73 Å². The van der Waals surface area contributed by atoms with E-state index in [1.807, 2.05) is 29.2 Å². The molecule has 0 unspecified atom stereocenters. The van der Waals surface area contributed by atoms with Crippen molar-refractivity contribution in [3.05, 3.63) is 33.4 Å². The fourth-order valence-corrected chi connectivity index (χ4v) is 3.39. The van der Waals surface area contributed by atoms with E-state index in [9.17, 15) is 4.79 Å². The molecule has 1 aromatic carbocycles. The zero-order chi connectivity index (χ0) is 13.8. The molecule has 3 nitrogen and oxygen atoms in total. The number of carbonyl (C=O) groups is 1. The molecule has 1 saturated carbocycles. The molecular formula is C15H21IN2O. The van der Waals surface area contributed by atoms with Crippen molar-refractivity contribution in [1.82, 2.24) is 4.90 Å². The molecule has 104 valence electrons. The molecular weight excluding hydrogens is 351 g/mol. The molecule has 19 heavy (non-hydrogen) atoms. The molecule has 0 spiro atoms. The second-order valence-electron chi connectivity index (χ2n) is 5.14. The Labute approximate surface area is 128 Å². The largest absolute Gasteiger partial charge is 0.336 e. The predicted molar refractivity (Wildman–Crippen MR) is 86.1 cm³/mol. The highest BCUT2D eigenvalue weighted by atomic mass is 127. The molecule has 0 heterocycles. The van der Waals surface area contributed by atoms with Gasteiger partial charge in [0.15, 0.2) is 0 Å². The highest BCUT2D eigenvalue weighted by molar-refractivity contribution is 14.1. The molecule has 2 rings (SSSR count). The molecule has 1 aliphatic rings. The van der Waals surface area contributed by atoms with E-state index in [2.05, 4.69) is 29.5 Å². The molecule has 0 radical (unpaired) electrons. The highest BCUT2D eigenvalue weighted by Crippen LogP contribution is 2.24. The first-order valence-corrected chi connectivity index (χ1v) is 8.02. The second kappa shape index (κ2) is 6.70. The van der Waals surface area contributed by atoms with Crippen LogP contribution in [0.25, 0.3) is 0 Å². The first-order chi connectivity index (χ1) is 9.13. The van der Waals surface area contributed by atoms with Gasteiger partial charge in [-0.15, -0.1) is 0 Å². The standard InChI is InChI=1S/C15H21IN2O/c1-2-18(12-9-7-11(17)8-10-12)15(19)13-5-3-4-6-14(13)16/h3-6,11-12H,2,7-10,17H2,1H3. The summed E-state index contributed by atoms with van der Waals surface area (Å²) >= 11 is 2.23. The minimum Gasteiger partial charge on any atom is -0.336 e. The number of halogens is 1. The Morgan fingerprint density at radius 1 is 1.32 bits per heavy atom. The summed E-state index contributed by atoms with van der Waals surface area (Å²) < 4.78 is 1.02. The molecule has 1 amide bonds. The van der Waals surface area contributed by atoms with Crippen LogP contribution in [0.2, 0.25) is 0 Å². The number of nitrogens with two attached hydrogens (primary N) is 1. The van der Waals surface area contributed by atoms with Crippen LogP contribution in [0.15, 0.2) is 24.3 Å². The van der Waals surface area contributed by atoms with E-state index < -0.39 is 0 Å². The van der Waals surface area contributed by atoms with Crippen molar-refractivity contribution in [1.29, 1.82) is 0 Å². The number of benzene rings is 1. The lowest BCUT2D eigenvalue weighted by atomic mass is 9.90. The fourth-order valence-electron chi connectivity index (χ4n) is 2.77. The van der Waals surface area contributed by atoms with E-state index in [1.165, 1.54) is 0 Å². The SMILES string of the molecule is CCN(C(=O)c1ccccc1I)C1CCC(N)CC1. The lowest BCUT2D eigenvalue weighted by Crippen LogP contribution is -2.44. The van der Waals surface area contributed by atoms with Gasteiger partial charge in [-0.3, -0.25) is 4.79 Å². The first-order valence-electron chi connectivity index (χ1n) is 6.94. The van der Waals surface area contributed by atoms with Gasteiger partial charge in [0.05, 0.1) is 5.56 Å². The summed E-state index contributed by atoms with van der Waals surface area (Å²) in [5.41, 5.74) is 6.76. The average Bonchev–Trinajstić information content (AvgIpc) is 2.42. The van der Waals surface area contributed by atoms with Crippen LogP contribution in [-0.4, -0.2) is 29.4 Å². The maximum Gasteiger partial charge on any atom is 0.255 e. The van der Waals surface area contributed by atoms with Crippen molar-refractivity contribution < 1.29 is 4.79 Å². The minimum atomic E-state index is 0.160. The molecule has 0 aromatic heterocycles. The lowest BCUT2D eigenvalue weighted by Gasteiger charge is -2.35. The maximum atomic E-state index is 12.7. The molecule has 0 saturated heterocycles. The van der Waals surface area contributed by atoms with Crippen LogP contribution in [0.1, 0.15) is 43.0 Å². The van der Waals surface area contributed by atoms with Crippen molar-refractivity contribution >= 4 is 28.5 Å². The number of nitrogens with zero attached hydrogens (tertiary/aromatic N) is 1. The Balaban J connectivity index is 2.13. The first kappa shape index (κ1) is 14.8. The molecule has 1 aromatic rings. The monoisotopic (exact) mass is 372 g/mol. The topological polar surface area (TPSA) is 46.3 Å². The number of rotatable bonds is 3. The summed E-state index contributed by atoms with van der Waals surface area (Å²) in [6.45, 7) is 2.83. The van der Waals surface area contributed by atoms with Gasteiger partial charge in [0.1, 0.15) is 0 Å². The zero-order valence-corrected chi connectivity index (χ0v) is 13.5. The Morgan fingerprint density at radius 2 is 1.95 bits per heavy atom. The van der Waals surface area contributed by atoms with E-state index in [0.717, 1.165) is 41.4 Å². The van der Waals surface area contributed by atoms with E-state index >= 15 is 0 Å². The third-order valence-corrected chi connectivity index (χ3v) is 4.83. The normalized spacial score (nSPS) is 23.1. The molecule has 1 fully saturated rings. The Morgan fingerprint density at radius 3 is 2.53 bits per heavy atom. The molecule has 2 N–H and O–H groups in total. The van der Waals surface area contributed by atoms with Gasteiger partial charge in [-0.2, -0.15) is 0 Å². The van der Waals surface area contributed by atoms with Crippen LogP contribution >= 0.6 is 22.6 Å². The Hall–Kier alpha value is -0.620. The van der Waals surface area contributed by atoms with Gasteiger partial charge in [0.2, 0.25) is 0 Å². The fraction of sp³-hybridized carbons (Fsp3) is 0.533. The third kappa shape index (κ3) is 3.48. The summed E-state index contributed by atoms with van der Waals surface area (Å²) in [4.78, 5) is 14.7. The maximum absolute atomic E-state index is 12.7. The highest BCUT2D eigenvalue weighted by Gasteiger charge is 2.27. The summed E-state index contributed by atoms with van der Waals surface area (Å²) in [6, 6.07) is 8.48. The zero-order valence-electron chi connectivity index (χ0n) is 11.3. The number of hydrogen-bond acceptors (Lipinski definition) is 2. The number of carbonyl (C=O) groups excluding carboxylic acids is 1. The van der Waals surface area contributed by atoms with Crippen molar-refractivity contribution in [3.63, 3.8) is 0 Å². The van der Waals surface area contributed by atoms with Crippen LogP contribution in [0.3, 0.4) is 0 Å². The molecule has 1 aliphatic carbocycles. The lowest BCUT2D eigenvalue weighted by molar-refractivity contribution is 0.0639. The Bertz CT molecular complexity index is 442. The van der Waals surface area contributed by atoms with Crippen LogP contribution in [-0.2, 0) is 0 Å². The van der Waals surface area contributed by atoms with E-state index in [0.29, 0.717) is 12.1 Å². The van der Waals surface area contributed by atoms with E-state index in [-0.39, 0.29) is 5.91 Å². The van der Waals surface area contributed by atoms with Crippen molar-refractivity contribution in [2.24, 2.45) is 5.73 Å². The van der Waals surface area contributed by atoms with Gasteiger partial charge in [-0.1, -0.05) is 12.1 Å². The molecule has 0 bridgehead atoms. The van der Waals surface area contributed by atoms with Gasteiger partial charge in [-0.25, -0.2) is 0 Å². The Kier molecular flexibility index (Phi) is 5.21. The molecule has 0 aliphatic heterocycles. The van der Waals surface area contributed by atoms with Crippen molar-refractivity contribution in [3.8, 4) is 0 Å².